The molecule has 0 spiro atoms. The van der Waals surface area contributed by atoms with Crippen molar-refractivity contribution in [1.29, 1.82) is 0 Å². The van der Waals surface area contributed by atoms with Gasteiger partial charge in [-0.2, -0.15) is 13.2 Å². The Bertz CT molecular complexity index is 686. The highest BCUT2D eigenvalue weighted by Crippen LogP contribution is 2.29. The monoisotopic (exact) mass is 319 g/mol. The molecule has 0 aromatic heterocycles. The topological polar surface area (TPSA) is 29.1 Å². The average molecular weight is 319 g/mol. The quantitative estimate of drug-likeness (QED) is 0.615. The number of anilines is 1. The fourth-order valence-corrected chi connectivity index (χ4v) is 1.97. The number of aryl methyl sites for hydroxylation is 1. The van der Waals surface area contributed by atoms with Crippen molar-refractivity contribution in [2.45, 2.75) is 19.5 Å². The first-order chi connectivity index (χ1) is 10.9. The molecule has 0 heterocycles. The fourth-order valence-electron chi connectivity index (χ4n) is 1.97. The largest absolute Gasteiger partial charge is 0.416 e. The van der Waals surface area contributed by atoms with Gasteiger partial charge in [-0.25, -0.2) is 0 Å². The third-order valence-corrected chi connectivity index (χ3v) is 3.34. The van der Waals surface area contributed by atoms with Crippen molar-refractivity contribution < 1.29 is 18.0 Å². The molecule has 2 rings (SSSR count). The highest BCUT2D eigenvalue weighted by Gasteiger charge is 2.29. The van der Waals surface area contributed by atoms with E-state index < -0.39 is 11.7 Å². The first-order valence-corrected chi connectivity index (χ1v) is 7.14. The lowest BCUT2D eigenvalue weighted by molar-refractivity contribution is -0.137. The van der Waals surface area contributed by atoms with Crippen LogP contribution in [0.2, 0.25) is 0 Å². The van der Waals surface area contributed by atoms with Crippen molar-refractivity contribution in [2.24, 2.45) is 0 Å². The maximum Gasteiger partial charge on any atom is 0.416 e. The summed E-state index contributed by atoms with van der Waals surface area (Å²) in [4.78, 5) is 11.9. The lowest BCUT2D eigenvalue weighted by Crippen LogP contribution is -2.04. The number of ketones is 1. The Kier molecular flexibility index (Phi) is 5.21. The molecule has 0 unspecified atom stereocenters. The summed E-state index contributed by atoms with van der Waals surface area (Å²) in [6, 6.07) is 11.9. The van der Waals surface area contributed by atoms with Crippen LogP contribution in [0, 0.1) is 0 Å². The van der Waals surface area contributed by atoms with Gasteiger partial charge in [-0.1, -0.05) is 31.2 Å². The molecule has 0 aliphatic carbocycles. The van der Waals surface area contributed by atoms with Crippen molar-refractivity contribution in [3.63, 3.8) is 0 Å². The summed E-state index contributed by atoms with van der Waals surface area (Å²) in [6.07, 6.45) is -0.688. The van der Waals surface area contributed by atoms with Crippen LogP contribution >= 0.6 is 0 Å². The van der Waals surface area contributed by atoms with Crippen LogP contribution in [-0.2, 0) is 12.6 Å². The number of rotatable bonds is 5. The molecular formula is C18H16F3NO. The van der Waals surface area contributed by atoms with E-state index in [1.165, 1.54) is 24.4 Å². The second kappa shape index (κ2) is 7.13. The van der Waals surface area contributed by atoms with E-state index in [1.807, 2.05) is 19.1 Å². The van der Waals surface area contributed by atoms with Crippen LogP contribution in [0.5, 0.6) is 0 Å². The second-order valence-electron chi connectivity index (χ2n) is 4.97. The number of nitrogens with one attached hydrogen (secondary N) is 1. The molecule has 0 saturated heterocycles. The lowest BCUT2D eigenvalue weighted by Gasteiger charge is -2.07. The van der Waals surface area contributed by atoms with Crippen molar-refractivity contribution >= 4 is 11.5 Å². The summed E-state index contributed by atoms with van der Waals surface area (Å²) in [5, 5.41) is 2.78. The maximum absolute atomic E-state index is 12.4. The van der Waals surface area contributed by atoms with Gasteiger partial charge in [-0.05, 0) is 36.2 Å². The first kappa shape index (κ1) is 16.8. The van der Waals surface area contributed by atoms with E-state index in [1.54, 1.807) is 12.1 Å². The minimum atomic E-state index is -4.35. The van der Waals surface area contributed by atoms with Crippen molar-refractivity contribution in [3.05, 3.63) is 77.5 Å². The van der Waals surface area contributed by atoms with E-state index >= 15 is 0 Å². The molecule has 5 heteroatoms. The van der Waals surface area contributed by atoms with Crippen molar-refractivity contribution in [1.82, 2.24) is 0 Å². The van der Waals surface area contributed by atoms with Crippen molar-refractivity contribution in [2.75, 3.05) is 5.32 Å². The van der Waals surface area contributed by atoms with Crippen LogP contribution in [0.1, 0.15) is 28.4 Å². The molecule has 120 valence electrons. The molecule has 0 aliphatic heterocycles. The van der Waals surface area contributed by atoms with Crippen LogP contribution in [0.3, 0.4) is 0 Å². The van der Waals surface area contributed by atoms with Crippen LogP contribution < -0.4 is 5.32 Å². The number of carbonyl (C=O) groups excluding carboxylic acids is 1. The summed E-state index contributed by atoms with van der Waals surface area (Å²) in [6.45, 7) is 2.03. The molecular weight excluding hydrogens is 303 g/mol. The summed E-state index contributed by atoms with van der Waals surface area (Å²) in [7, 11) is 0. The zero-order valence-corrected chi connectivity index (χ0v) is 12.5. The van der Waals surface area contributed by atoms with Gasteiger partial charge in [0.25, 0.3) is 0 Å². The Morgan fingerprint density at radius 3 is 2.17 bits per heavy atom. The first-order valence-electron chi connectivity index (χ1n) is 7.14. The normalized spacial score (nSPS) is 11.7. The van der Waals surface area contributed by atoms with Gasteiger partial charge < -0.3 is 5.32 Å². The number of alkyl halides is 3. The predicted molar refractivity (Wildman–Crippen MR) is 84.4 cm³/mol. The number of benzene rings is 2. The van der Waals surface area contributed by atoms with E-state index in [9.17, 15) is 18.0 Å². The smallest absolute Gasteiger partial charge is 0.362 e. The molecule has 2 aromatic carbocycles. The highest BCUT2D eigenvalue weighted by atomic mass is 19.4. The van der Waals surface area contributed by atoms with Gasteiger partial charge in [0.05, 0.1) is 5.56 Å². The van der Waals surface area contributed by atoms with E-state index in [0.29, 0.717) is 11.3 Å². The van der Waals surface area contributed by atoms with Gasteiger partial charge in [-0.3, -0.25) is 4.79 Å². The van der Waals surface area contributed by atoms with Crippen LogP contribution in [0.15, 0.2) is 60.8 Å². The van der Waals surface area contributed by atoms with E-state index in [4.69, 9.17) is 0 Å². The molecule has 0 amide bonds. The number of halogens is 3. The van der Waals surface area contributed by atoms with Crippen LogP contribution in [0.25, 0.3) is 0 Å². The Balaban J connectivity index is 1.96. The molecule has 0 bridgehead atoms. The molecule has 0 radical (unpaired) electrons. The molecule has 0 atom stereocenters. The third kappa shape index (κ3) is 4.71. The van der Waals surface area contributed by atoms with Gasteiger partial charge in [0.2, 0.25) is 0 Å². The Morgan fingerprint density at radius 1 is 1.04 bits per heavy atom. The third-order valence-electron chi connectivity index (χ3n) is 3.34. The summed E-state index contributed by atoms with van der Waals surface area (Å²) in [5.74, 6) is -0.174. The van der Waals surface area contributed by atoms with E-state index in [0.717, 1.165) is 24.1 Å². The van der Waals surface area contributed by atoms with Gasteiger partial charge in [0.15, 0.2) is 5.78 Å². The standard InChI is InChI=1S/C18H16F3NO/c1-2-13-3-5-14(6-4-13)17(23)11-12-22-16-9-7-15(8-10-16)18(19,20)21/h3-12,22H,2H2,1H3/b12-11-. The molecule has 0 aliphatic rings. The fraction of sp³-hybridized carbons (Fsp3) is 0.167. The molecule has 2 nitrogen and oxygen atoms in total. The highest BCUT2D eigenvalue weighted by molar-refractivity contribution is 6.04. The Labute approximate surface area is 132 Å². The zero-order valence-electron chi connectivity index (χ0n) is 12.5. The van der Waals surface area contributed by atoms with E-state index in [-0.39, 0.29) is 5.78 Å². The maximum atomic E-state index is 12.4. The number of hydrogen-bond donors (Lipinski definition) is 1. The number of hydrogen-bond acceptors (Lipinski definition) is 2. The molecule has 1 N–H and O–H groups in total. The second-order valence-corrected chi connectivity index (χ2v) is 4.97. The van der Waals surface area contributed by atoms with Gasteiger partial charge in [0, 0.05) is 23.5 Å². The van der Waals surface area contributed by atoms with Gasteiger partial charge in [-0.15, -0.1) is 0 Å². The number of carbonyl (C=O) groups is 1. The minimum Gasteiger partial charge on any atom is -0.362 e. The van der Waals surface area contributed by atoms with Gasteiger partial charge in [0.1, 0.15) is 0 Å². The molecule has 2 aromatic rings. The summed E-state index contributed by atoms with van der Waals surface area (Å²) >= 11 is 0. The summed E-state index contributed by atoms with van der Waals surface area (Å²) in [5.41, 5.74) is 1.48. The van der Waals surface area contributed by atoms with Crippen LogP contribution in [-0.4, -0.2) is 5.78 Å². The molecule has 0 saturated carbocycles. The lowest BCUT2D eigenvalue weighted by atomic mass is 10.1. The average Bonchev–Trinajstić information content (AvgIpc) is 2.54. The van der Waals surface area contributed by atoms with Crippen LogP contribution in [0.4, 0.5) is 18.9 Å². The Morgan fingerprint density at radius 2 is 1.65 bits per heavy atom. The SMILES string of the molecule is CCc1ccc(C(=O)/C=C\Nc2ccc(C(F)(F)F)cc2)cc1. The molecule has 0 fully saturated rings. The number of allylic oxidation sites excluding steroid dienone is 1. The predicted octanol–water partition coefficient (Wildman–Crippen LogP) is 5.08. The minimum absolute atomic E-state index is 0.174. The van der Waals surface area contributed by atoms with Gasteiger partial charge >= 0.3 is 6.18 Å². The Hall–Kier alpha value is -2.56. The summed E-state index contributed by atoms with van der Waals surface area (Å²) < 4.78 is 37.3. The molecule has 23 heavy (non-hydrogen) atoms. The van der Waals surface area contributed by atoms with E-state index in [2.05, 4.69) is 5.32 Å². The van der Waals surface area contributed by atoms with Crippen molar-refractivity contribution in [3.8, 4) is 0 Å². The zero-order chi connectivity index (χ0) is 16.9.